The molecule has 1 atom stereocenters. The van der Waals surface area contributed by atoms with Crippen molar-refractivity contribution in [2.75, 3.05) is 37.6 Å². The quantitative estimate of drug-likeness (QED) is 0.123. The summed E-state index contributed by atoms with van der Waals surface area (Å²) in [5.41, 5.74) is 1.72. The minimum atomic E-state index is -3.38. The highest BCUT2D eigenvalue weighted by atomic mass is 35.5. The standard InChI is InChI=1S/C30H30ClFN7O7P/c1-44-47(43,45-2)15-14-46-30(42)36-25-11-10-23(18-24(25)32)34-29(41)26(16-20-6-4-3-5-7-20)35-28(40)13-8-21-17-22(31)9-12-27(21)39-19-33-37-38-39/h3-13,17-19,26H,14-16H2,1-2H3,(H,34,41)(H,35,40)(H,36,42)/b13-8+/t26-/m0/s1. The van der Waals surface area contributed by atoms with E-state index in [1.807, 2.05) is 6.07 Å². The van der Waals surface area contributed by atoms with Gasteiger partial charge in [0.25, 0.3) is 0 Å². The lowest BCUT2D eigenvalue weighted by Crippen LogP contribution is -2.44. The second-order valence-corrected chi connectivity index (χ2v) is 12.5. The van der Waals surface area contributed by atoms with E-state index in [1.54, 1.807) is 42.5 Å². The maximum absolute atomic E-state index is 14.9. The number of nitrogens with zero attached hydrogens (tertiary/aromatic N) is 4. The van der Waals surface area contributed by atoms with E-state index < -0.39 is 37.4 Å². The van der Waals surface area contributed by atoms with Crippen LogP contribution in [0.5, 0.6) is 0 Å². The highest BCUT2D eigenvalue weighted by Gasteiger charge is 2.23. The summed E-state index contributed by atoms with van der Waals surface area (Å²) in [5.74, 6) is -2.07. The van der Waals surface area contributed by atoms with Gasteiger partial charge in [0.15, 0.2) is 0 Å². The van der Waals surface area contributed by atoms with Crippen molar-refractivity contribution in [2.45, 2.75) is 12.5 Å². The van der Waals surface area contributed by atoms with Gasteiger partial charge in [0, 0.05) is 43.0 Å². The van der Waals surface area contributed by atoms with Crippen LogP contribution < -0.4 is 16.0 Å². The summed E-state index contributed by atoms with van der Waals surface area (Å²) < 4.78 is 42.8. The van der Waals surface area contributed by atoms with Gasteiger partial charge in [-0.3, -0.25) is 19.5 Å². The summed E-state index contributed by atoms with van der Waals surface area (Å²) in [5, 5.41) is 19.1. The van der Waals surface area contributed by atoms with E-state index in [2.05, 4.69) is 31.5 Å². The Kier molecular flexibility index (Phi) is 12.3. The monoisotopic (exact) mass is 685 g/mol. The smallest absolute Gasteiger partial charge is 0.411 e. The van der Waals surface area contributed by atoms with Crippen LogP contribution in [0.2, 0.25) is 5.02 Å². The molecule has 4 aromatic rings. The van der Waals surface area contributed by atoms with Gasteiger partial charge >= 0.3 is 13.7 Å². The molecule has 246 valence electrons. The van der Waals surface area contributed by atoms with Crippen molar-refractivity contribution >= 4 is 54.6 Å². The van der Waals surface area contributed by atoms with Crippen LogP contribution in [0, 0.1) is 5.82 Å². The van der Waals surface area contributed by atoms with Gasteiger partial charge in [0.05, 0.1) is 17.5 Å². The zero-order valence-corrected chi connectivity index (χ0v) is 26.8. The van der Waals surface area contributed by atoms with Gasteiger partial charge in [-0.1, -0.05) is 41.9 Å². The highest BCUT2D eigenvalue weighted by Crippen LogP contribution is 2.45. The van der Waals surface area contributed by atoms with Crippen molar-refractivity contribution in [3.63, 3.8) is 0 Å². The van der Waals surface area contributed by atoms with Crippen LogP contribution in [-0.2, 0) is 34.4 Å². The maximum atomic E-state index is 14.9. The summed E-state index contributed by atoms with van der Waals surface area (Å²) in [4.78, 5) is 38.5. The number of aromatic nitrogens is 4. The van der Waals surface area contributed by atoms with Crippen LogP contribution in [0.4, 0.5) is 20.6 Å². The molecule has 17 heteroatoms. The van der Waals surface area contributed by atoms with E-state index in [9.17, 15) is 23.3 Å². The highest BCUT2D eigenvalue weighted by molar-refractivity contribution is 7.53. The topological polar surface area (TPSA) is 176 Å². The van der Waals surface area contributed by atoms with E-state index in [1.165, 1.54) is 49.5 Å². The van der Waals surface area contributed by atoms with E-state index in [-0.39, 0.29) is 30.6 Å². The second-order valence-electron chi connectivity index (χ2n) is 9.69. The first kappa shape index (κ1) is 34.9. The molecule has 0 saturated heterocycles. The Balaban J connectivity index is 1.43. The Morgan fingerprint density at radius 3 is 2.49 bits per heavy atom. The maximum Gasteiger partial charge on any atom is 0.411 e. The van der Waals surface area contributed by atoms with Crippen LogP contribution in [0.25, 0.3) is 11.8 Å². The number of hydrogen-bond donors (Lipinski definition) is 3. The summed E-state index contributed by atoms with van der Waals surface area (Å²) in [6.07, 6.45) is 3.08. The summed E-state index contributed by atoms with van der Waals surface area (Å²) in [6, 6.07) is 16.5. The SMILES string of the molecule is COP(=O)(CCOC(=O)Nc1ccc(NC(=O)[C@H](Cc2ccccc2)NC(=O)/C=C/c2cc(Cl)ccc2-n2cnnn2)cc1F)OC. The van der Waals surface area contributed by atoms with Gasteiger partial charge in [-0.2, -0.15) is 4.68 Å². The largest absolute Gasteiger partial charge is 0.449 e. The van der Waals surface area contributed by atoms with E-state index in [0.717, 1.165) is 11.6 Å². The molecule has 3 N–H and O–H groups in total. The lowest BCUT2D eigenvalue weighted by atomic mass is 10.0. The molecule has 0 fully saturated rings. The van der Waals surface area contributed by atoms with Crippen molar-refractivity contribution in [1.82, 2.24) is 25.5 Å². The number of ether oxygens (including phenoxy) is 1. The van der Waals surface area contributed by atoms with E-state index >= 15 is 0 Å². The fourth-order valence-electron chi connectivity index (χ4n) is 4.16. The number of carbonyl (C=O) groups excluding carboxylic acids is 3. The average Bonchev–Trinajstić information content (AvgIpc) is 3.60. The van der Waals surface area contributed by atoms with Crippen LogP contribution in [0.1, 0.15) is 11.1 Å². The molecule has 0 spiro atoms. The predicted octanol–water partition coefficient (Wildman–Crippen LogP) is 4.87. The molecule has 4 rings (SSSR count). The van der Waals surface area contributed by atoms with Gasteiger partial charge in [-0.25, -0.2) is 9.18 Å². The van der Waals surface area contributed by atoms with Crippen molar-refractivity contribution in [3.8, 4) is 5.69 Å². The minimum Gasteiger partial charge on any atom is -0.449 e. The van der Waals surface area contributed by atoms with Gasteiger partial charge in [0.2, 0.25) is 11.8 Å². The number of anilines is 2. The lowest BCUT2D eigenvalue weighted by molar-refractivity contribution is -0.123. The van der Waals surface area contributed by atoms with Crippen LogP contribution >= 0.6 is 19.2 Å². The molecule has 0 saturated carbocycles. The van der Waals surface area contributed by atoms with E-state index in [4.69, 9.17) is 25.4 Å². The first-order chi connectivity index (χ1) is 22.6. The predicted molar refractivity (Wildman–Crippen MR) is 172 cm³/mol. The molecular weight excluding hydrogens is 656 g/mol. The molecule has 0 aliphatic carbocycles. The lowest BCUT2D eigenvalue weighted by Gasteiger charge is -2.18. The van der Waals surface area contributed by atoms with Gasteiger partial charge < -0.3 is 24.4 Å². The average molecular weight is 686 g/mol. The number of hydrogen-bond acceptors (Lipinski definition) is 10. The molecule has 47 heavy (non-hydrogen) atoms. The van der Waals surface area contributed by atoms with Crippen molar-refractivity contribution in [1.29, 1.82) is 0 Å². The molecule has 1 heterocycles. The number of rotatable bonds is 14. The third-order valence-corrected chi connectivity index (χ3v) is 8.62. The van der Waals surface area contributed by atoms with Crippen molar-refractivity contribution in [2.24, 2.45) is 0 Å². The van der Waals surface area contributed by atoms with Crippen molar-refractivity contribution in [3.05, 3.63) is 101 Å². The Bertz CT molecular complexity index is 1770. The number of carbonyl (C=O) groups is 3. The van der Waals surface area contributed by atoms with E-state index in [0.29, 0.717) is 16.3 Å². The number of nitrogens with one attached hydrogen (secondary N) is 3. The third-order valence-electron chi connectivity index (χ3n) is 6.54. The Hall–Kier alpha value is -4.95. The molecule has 0 aliphatic heterocycles. The Morgan fingerprint density at radius 2 is 1.81 bits per heavy atom. The number of tetrazole rings is 1. The van der Waals surface area contributed by atoms with Gasteiger partial charge in [-0.05, 0) is 58.5 Å². The van der Waals surface area contributed by atoms with Crippen LogP contribution in [-0.4, -0.2) is 71.1 Å². The second kappa shape index (κ2) is 16.6. The first-order valence-corrected chi connectivity index (χ1v) is 16.0. The molecular formula is C30H30ClFN7O7P. The molecule has 0 radical (unpaired) electrons. The summed E-state index contributed by atoms with van der Waals surface area (Å²) in [7, 11) is -0.980. The Labute approximate surface area is 273 Å². The zero-order chi connectivity index (χ0) is 33.8. The number of amides is 3. The molecule has 14 nitrogen and oxygen atoms in total. The molecule has 3 amide bonds. The molecule has 0 aliphatic rings. The zero-order valence-electron chi connectivity index (χ0n) is 25.1. The summed E-state index contributed by atoms with van der Waals surface area (Å²) in [6.45, 7) is -0.302. The minimum absolute atomic E-state index is 0.0698. The summed E-state index contributed by atoms with van der Waals surface area (Å²) >= 11 is 6.16. The number of benzene rings is 3. The third kappa shape index (κ3) is 10.3. The normalized spacial score (nSPS) is 12.0. The molecule has 0 bridgehead atoms. The van der Waals surface area contributed by atoms with Crippen molar-refractivity contribution < 1.29 is 37.1 Å². The fourth-order valence-corrected chi connectivity index (χ4v) is 5.17. The fraction of sp³-hybridized carbons (Fsp3) is 0.200. The molecule has 1 aromatic heterocycles. The Morgan fingerprint density at radius 1 is 1.04 bits per heavy atom. The number of halogens is 2. The molecule has 0 unspecified atom stereocenters. The molecule has 3 aromatic carbocycles. The first-order valence-electron chi connectivity index (χ1n) is 13.9. The van der Waals surface area contributed by atoms with Gasteiger partial charge in [-0.15, -0.1) is 5.10 Å². The van der Waals surface area contributed by atoms with Crippen LogP contribution in [0.3, 0.4) is 0 Å². The van der Waals surface area contributed by atoms with Gasteiger partial charge in [0.1, 0.15) is 24.8 Å². The van der Waals surface area contributed by atoms with Crippen LogP contribution in [0.15, 0.2) is 79.1 Å².